The molecule has 1 aliphatic heterocycles. The molecule has 3 rings (SSSR count). The molecule has 0 aliphatic carbocycles. The molecule has 1 saturated heterocycles. The smallest absolute Gasteiger partial charge is 0.115 e. The third kappa shape index (κ3) is 3.18. The van der Waals surface area contributed by atoms with E-state index in [0.29, 0.717) is 6.54 Å². The van der Waals surface area contributed by atoms with Crippen LogP contribution < -0.4 is 0 Å². The topological polar surface area (TPSA) is 46.9 Å². The second kappa shape index (κ2) is 6.93. The van der Waals surface area contributed by atoms with E-state index in [2.05, 4.69) is 21.9 Å². The molecule has 2 aromatic carbocycles. The Balaban J connectivity index is 1.78. The van der Waals surface area contributed by atoms with E-state index in [1.807, 2.05) is 44.4 Å². The molecule has 1 heterocycles. The van der Waals surface area contributed by atoms with E-state index in [1.165, 1.54) is 5.56 Å². The summed E-state index contributed by atoms with van der Waals surface area (Å²) in [5.74, 6) is 0.289. The Morgan fingerprint density at radius 1 is 1.12 bits per heavy atom. The summed E-state index contributed by atoms with van der Waals surface area (Å²) in [6, 6.07) is 17.6. The number of rotatable bonds is 4. The number of β-amino-alcohol motifs (C(OH)–C–C–N with tert-alkyl or cyclic N) is 1. The average Bonchev–Trinajstić information content (AvgIpc) is 2.56. The molecule has 1 fully saturated rings. The first-order valence-electron chi connectivity index (χ1n) is 8.43. The van der Waals surface area contributed by atoms with Gasteiger partial charge in [0, 0.05) is 19.6 Å². The third-order valence-corrected chi connectivity index (χ3v) is 5.18. The fraction of sp³-hybridized carbons (Fsp3) is 0.400. The van der Waals surface area contributed by atoms with Crippen molar-refractivity contribution in [3.63, 3.8) is 0 Å². The summed E-state index contributed by atoms with van der Waals surface area (Å²) < 4.78 is 0. The van der Waals surface area contributed by atoms with Crippen LogP contribution in [0.3, 0.4) is 0 Å². The van der Waals surface area contributed by atoms with Crippen molar-refractivity contribution >= 4 is 0 Å². The molecule has 2 atom stereocenters. The van der Waals surface area contributed by atoms with Gasteiger partial charge in [-0.1, -0.05) is 42.5 Å². The molecule has 0 saturated carbocycles. The van der Waals surface area contributed by atoms with Gasteiger partial charge in [0.05, 0.1) is 11.6 Å². The zero-order valence-electron chi connectivity index (χ0n) is 14.4. The molecular weight excluding hydrogens is 300 g/mol. The zero-order valence-corrected chi connectivity index (χ0v) is 14.4. The van der Waals surface area contributed by atoms with Gasteiger partial charge in [0.25, 0.3) is 0 Å². The van der Waals surface area contributed by atoms with Crippen LogP contribution in [-0.4, -0.2) is 53.3 Å². The number of hydrogen-bond acceptors (Lipinski definition) is 4. The van der Waals surface area contributed by atoms with Crippen molar-refractivity contribution in [2.24, 2.45) is 0 Å². The first-order chi connectivity index (χ1) is 11.5. The first kappa shape index (κ1) is 17.0. The van der Waals surface area contributed by atoms with Crippen molar-refractivity contribution < 1.29 is 10.2 Å². The van der Waals surface area contributed by atoms with Gasteiger partial charge < -0.3 is 10.2 Å². The summed E-state index contributed by atoms with van der Waals surface area (Å²) in [6.07, 6.45) is 0.394. The Morgan fingerprint density at radius 3 is 2.50 bits per heavy atom. The lowest BCUT2D eigenvalue weighted by Gasteiger charge is -2.50. The van der Waals surface area contributed by atoms with Crippen LogP contribution in [0.1, 0.15) is 17.5 Å². The van der Waals surface area contributed by atoms with E-state index in [1.54, 1.807) is 12.1 Å². The minimum absolute atomic E-state index is 0.289. The van der Waals surface area contributed by atoms with Crippen LogP contribution in [0.25, 0.3) is 0 Å². The predicted octanol–water partition coefficient (Wildman–Crippen LogP) is 2.42. The van der Waals surface area contributed by atoms with E-state index in [-0.39, 0.29) is 11.3 Å². The maximum atomic E-state index is 11.0. The second-order valence-electron chi connectivity index (χ2n) is 6.86. The third-order valence-electron chi connectivity index (χ3n) is 5.18. The van der Waals surface area contributed by atoms with E-state index < -0.39 is 6.10 Å². The number of nitrogens with zero attached hydrogens (tertiary/aromatic N) is 2. The summed E-state index contributed by atoms with van der Waals surface area (Å²) in [5.41, 5.74) is 1.88. The van der Waals surface area contributed by atoms with Crippen molar-refractivity contribution in [1.82, 2.24) is 9.80 Å². The average molecular weight is 326 g/mol. The summed E-state index contributed by atoms with van der Waals surface area (Å²) in [6.45, 7) is 2.26. The van der Waals surface area contributed by atoms with Gasteiger partial charge in [-0.05, 0) is 43.8 Å². The number of benzene rings is 2. The highest BCUT2D eigenvalue weighted by atomic mass is 16.3. The molecule has 128 valence electrons. The van der Waals surface area contributed by atoms with E-state index in [0.717, 1.165) is 25.1 Å². The number of aliphatic hydroxyl groups excluding tert-OH is 1. The monoisotopic (exact) mass is 326 g/mol. The molecule has 0 amide bonds. The van der Waals surface area contributed by atoms with Crippen molar-refractivity contribution in [3.8, 4) is 5.75 Å². The number of piperidine rings is 1. The molecule has 2 N–H and O–H groups in total. The SMILES string of the molecule is CN(C)[C@]1(c2ccccc2)CCN(Cc2cccc(O)c2)C[C@H]1O. The Kier molecular flexibility index (Phi) is 4.90. The second-order valence-corrected chi connectivity index (χ2v) is 6.86. The lowest BCUT2D eigenvalue weighted by Crippen LogP contribution is -2.59. The van der Waals surface area contributed by atoms with E-state index in [4.69, 9.17) is 0 Å². The lowest BCUT2D eigenvalue weighted by atomic mass is 9.77. The van der Waals surface area contributed by atoms with Gasteiger partial charge in [-0.15, -0.1) is 0 Å². The minimum Gasteiger partial charge on any atom is -0.508 e. The maximum Gasteiger partial charge on any atom is 0.115 e. The van der Waals surface area contributed by atoms with Crippen molar-refractivity contribution in [2.75, 3.05) is 27.2 Å². The molecule has 0 aromatic heterocycles. The molecule has 0 spiro atoms. The summed E-state index contributed by atoms with van der Waals surface area (Å²) in [5, 5.41) is 20.6. The quantitative estimate of drug-likeness (QED) is 0.906. The summed E-state index contributed by atoms with van der Waals surface area (Å²) in [7, 11) is 4.09. The molecule has 0 bridgehead atoms. The van der Waals surface area contributed by atoms with Gasteiger partial charge in [0.15, 0.2) is 0 Å². The number of aliphatic hydroxyl groups is 1. The van der Waals surface area contributed by atoms with Crippen LogP contribution in [0.2, 0.25) is 0 Å². The van der Waals surface area contributed by atoms with Crippen molar-refractivity contribution in [1.29, 1.82) is 0 Å². The Hall–Kier alpha value is -1.88. The molecule has 0 radical (unpaired) electrons. The number of hydrogen-bond donors (Lipinski definition) is 2. The number of phenols is 1. The van der Waals surface area contributed by atoms with Crippen molar-refractivity contribution in [3.05, 3.63) is 65.7 Å². The van der Waals surface area contributed by atoms with Gasteiger partial charge in [-0.25, -0.2) is 0 Å². The van der Waals surface area contributed by atoms with Crippen LogP contribution in [0.15, 0.2) is 54.6 Å². The van der Waals surface area contributed by atoms with Gasteiger partial charge >= 0.3 is 0 Å². The highest BCUT2D eigenvalue weighted by Crippen LogP contribution is 2.38. The van der Waals surface area contributed by atoms with Crippen LogP contribution >= 0.6 is 0 Å². The zero-order chi connectivity index (χ0) is 17.2. The largest absolute Gasteiger partial charge is 0.508 e. The van der Waals surface area contributed by atoms with Crippen LogP contribution in [-0.2, 0) is 12.1 Å². The summed E-state index contributed by atoms with van der Waals surface area (Å²) in [4.78, 5) is 4.41. The fourth-order valence-corrected chi connectivity index (χ4v) is 3.88. The van der Waals surface area contributed by atoms with Crippen LogP contribution in [0, 0.1) is 0 Å². The summed E-state index contributed by atoms with van der Waals surface area (Å²) >= 11 is 0. The molecule has 0 unspecified atom stereocenters. The molecule has 4 nitrogen and oxygen atoms in total. The molecule has 2 aromatic rings. The number of aromatic hydroxyl groups is 1. The van der Waals surface area contributed by atoms with E-state index in [9.17, 15) is 10.2 Å². The lowest BCUT2D eigenvalue weighted by molar-refractivity contribution is -0.0702. The predicted molar refractivity (Wildman–Crippen MR) is 95.8 cm³/mol. The normalized spacial score (nSPS) is 25.1. The number of likely N-dealkylation sites (N-methyl/N-ethyl adjacent to an activating group) is 1. The number of likely N-dealkylation sites (tertiary alicyclic amines) is 1. The van der Waals surface area contributed by atoms with Crippen LogP contribution in [0.4, 0.5) is 0 Å². The molecule has 24 heavy (non-hydrogen) atoms. The van der Waals surface area contributed by atoms with Gasteiger partial charge in [-0.3, -0.25) is 9.80 Å². The highest BCUT2D eigenvalue weighted by Gasteiger charge is 2.45. The van der Waals surface area contributed by atoms with E-state index >= 15 is 0 Å². The minimum atomic E-state index is -0.471. The van der Waals surface area contributed by atoms with Crippen LogP contribution in [0.5, 0.6) is 5.75 Å². The molecular formula is C20H26N2O2. The number of phenolic OH excluding ortho intramolecular Hbond substituents is 1. The molecule has 1 aliphatic rings. The Morgan fingerprint density at radius 2 is 1.88 bits per heavy atom. The van der Waals surface area contributed by atoms with Gasteiger partial charge in [-0.2, -0.15) is 0 Å². The molecule has 4 heteroatoms. The van der Waals surface area contributed by atoms with Gasteiger partial charge in [0.2, 0.25) is 0 Å². The van der Waals surface area contributed by atoms with Gasteiger partial charge in [0.1, 0.15) is 5.75 Å². The Labute approximate surface area is 144 Å². The maximum absolute atomic E-state index is 11.0. The fourth-order valence-electron chi connectivity index (χ4n) is 3.88. The first-order valence-corrected chi connectivity index (χ1v) is 8.43. The standard InChI is InChI=1S/C20H26N2O2/c1-21(2)20(17-8-4-3-5-9-17)11-12-22(15-19(20)24)14-16-7-6-10-18(23)13-16/h3-10,13,19,23-24H,11-12,14-15H2,1-2H3/t19-,20+/m1/s1. The highest BCUT2D eigenvalue weighted by molar-refractivity contribution is 5.29. The van der Waals surface area contributed by atoms with Crippen molar-refractivity contribution in [2.45, 2.75) is 24.6 Å². The Bertz CT molecular complexity index is 674.